The molecule has 1 aromatic heterocycles. The lowest BCUT2D eigenvalue weighted by atomic mass is 9.89. The van der Waals surface area contributed by atoms with E-state index in [0.29, 0.717) is 17.2 Å². The van der Waals surface area contributed by atoms with Gasteiger partial charge in [0.1, 0.15) is 5.15 Å². The highest BCUT2D eigenvalue weighted by molar-refractivity contribution is 6.29. The van der Waals surface area contributed by atoms with Crippen LogP contribution in [0.3, 0.4) is 0 Å². The Kier molecular flexibility index (Phi) is 5.69. The van der Waals surface area contributed by atoms with Crippen molar-refractivity contribution in [3.05, 3.63) is 29.0 Å². The van der Waals surface area contributed by atoms with Crippen LogP contribution >= 0.6 is 11.6 Å². The van der Waals surface area contributed by atoms with Crippen LogP contribution in [0.4, 0.5) is 0 Å². The van der Waals surface area contributed by atoms with Gasteiger partial charge < -0.3 is 10.4 Å². The van der Waals surface area contributed by atoms with Crippen LogP contribution < -0.4 is 5.32 Å². The minimum Gasteiger partial charge on any atom is -0.391 e. The second-order valence-corrected chi connectivity index (χ2v) is 6.99. The zero-order valence-corrected chi connectivity index (χ0v) is 13.8. The Hall–Kier alpha value is -0.680. The van der Waals surface area contributed by atoms with Crippen molar-refractivity contribution in [3.8, 4) is 0 Å². The van der Waals surface area contributed by atoms with Crippen molar-refractivity contribution >= 4 is 11.6 Å². The number of aromatic nitrogens is 1. The first-order chi connectivity index (χ1) is 10.7. The second kappa shape index (κ2) is 7.73. The monoisotopic (exact) mass is 323 g/mol. The third-order valence-electron chi connectivity index (χ3n) is 5.08. The molecule has 0 amide bonds. The fourth-order valence-corrected chi connectivity index (χ4v) is 3.84. The molecule has 2 atom stereocenters. The Morgan fingerprint density at radius 1 is 1.18 bits per heavy atom. The molecule has 0 radical (unpaired) electrons. The molecule has 122 valence electrons. The Morgan fingerprint density at radius 3 is 2.64 bits per heavy atom. The average molecular weight is 324 g/mol. The molecule has 1 aliphatic heterocycles. The molecule has 0 aromatic carbocycles. The van der Waals surface area contributed by atoms with Gasteiger partial charge in [-0.3, -0.25) is 4.90 Å². The van der Waals surface area contributed by atoms with Crippen LogP contribution in [0.15, 0.2) is 18.3 Å². The van der Waals surface area contributed by atoms with Crippen LogP contribution in [0.5, 0.6) is 0 Å². The number of nitrogens with zero attached hydrogens (tertiary/aromatic N) is 2. The minimum absolute atomic E-state index is 0.113. The summed E-state index contributed by atoms with van der Waals surface area (Å²) in [6.07, 6.45) is 8.63. The van der Waals surface area contributed by atoms with E-state index in [1.165, 1.54) is 18.4 Å². The summed E-state index contributed by atoms with van der Waals surface area (Å²) in [5, 5.41) is 14.4. The molecule has 1 aliphatic carbocycles. The zero-order chi connectivity index (χ0) is 15.4. The first kappa shape index (κ1) is 16.2. The number of aliphatic hydroxyl groups is 1. The van der Waals surface area contributed by atoms with Crippen LogP contribution in [0.2, 0.25) is 5.15 Å². The topological polar surface area (TPSA) is 48.4 Å². The number of halogens is 1. The third kappa shape index (κ3) is 4.19. The normalized spacial score (nSPS) is 27.9. The van der Waals surface area contributed by atoms with E-state index in [2.05, 4.69) is 15.2 Å². The molecular weight excluding hydrogens is 298 g/mol. The Morgan fingerprint density at radius 2 is 1.95 bits per heavy atom. The number of rotatable bonds is 4. The van der Waals surface area contributed by atoms with Crippen LogP contribution in [0.25, 0.3) is 0 Å². The lowest BCUT2D eigenvalue weighted by molar-refractivity contribution is 0.00714. The molecule has 2 aliphatic rings. The smallest absolute Gasteiger partial charge is 0.129 e. The molecule has 2 fully saturated rings. The Labute approximate surface area is 137 Å². The van der Waals surface area contributed by atoms with Crippen molar-refractivity contribution < 1.29 is 5.11 Å². The molecule has 0 bridgehead atoms. The number of hydrogen-bond acceptors (Lipinski definition) is 4. The van der Waals surface area contributed by atoms with E-state index < -0.39 is 0 Å². The van der Waals surface area contributed by atoms with Crippen molar-refractivity contribution in [2.75, 3.05) is 13.1 Å². The van der Waals surface area contributed by atoms with Gasteiger partial charge in [-0.05, 0) is 37.3 Å². The van der Waals surface area contributed by atoms with Gasteiger partial charge in [-0.15, -0.1) is 0 Å². The molecule has 2 N–H and O–H groups in total. The summed E-state index contributed by atoms with van der Waals surface area (Å²) >= 11 is 5.80. The summed E-state index contributed by atoms with van der Waals surface area (Å²) in [6, 6.07) is 4.82. The highest BCUT2D eigenvalue weighted by Gasteiger charge is 2.31. The molecule has 5 heteroatoms. The van der Waals surface area contributed by atoms with E-state index >= 15 is 0 Å². The molecule has 22 heavy (non-hydrogen) atoms. The highest BCUT2D eigenvalue weighted by atomic mass is 35.5. The van der Waals surface area contributed by atoms with Gasteiger partial charge in [-0.1, -0.05) is 30.5 Å². The van der Waals surface area contributed by atoms with Crippen molar-refractivity contribution in [2.24, 2.45) is 0 Å². The number of pyridine rings is 1. The predicted molar refractivity (Wildman–Crippen MR) is 88.9 cm³/mol. The molecule has 0 spiro atoms. The summed E-state index contributed by atoms with van der Waals surface area (Å²) in [4.78, 5) is 6.62. The molecule has 1 saturated carbocycles. The van der Waals surface area contributed by atoms with Crippen LogP contribution in [0.1, 0.15) is 44.1 Å². The van der Waals surface area contributed by atoms with E-state index in [9.17, 15) is 5.11 Å². The van der Waals surface area contributed by atoms with Crippen LogP contribution in [-0.2, 0) is 6.54 Å². The summed E-state index contributed by atoms with van der Waals surface area (Å²) in [5.74, 6) is 0. The average Bonchev–Trinajstić information content (AvgIpc) is 2.55. The van der Waals surface area contributed by atoms with Crippen molar-refractivity contribution in [1.29, 1.82) is 0 Å². The molecule has 2 unspecified atom stereocenters. The van der Waals surface area contributed by atoms with Crippen LogP contribution in [0, 0.1) is 0 Å². The van der Waals surface area contributed by atoms with E-state index in [1.807, 2.05) is 18.3 Å². The molecule has 1 saturated heterocycles. The van der Waals surface area contributed by atoms with Crippen molar-refractivity contribution in [3.63, 3.8) is 0 Å². The number of aliphatic hydroxyl groups excluding tert-OH is 1. The van der Waals surface area contributed by atoms with E-state index in [1.54, 1.807) is 0 Å². The molecular formula is C17H26ClN3O. The number of hydrogen-bond donors (Lipinski definition) is 2. The highest BCUT2D eigenvalue weighted by Crippen LogP contribution is 2.25. The third-order valence-corrected chi connectivity index (χ3v) is 5.30. The van der Waals surface area contributed by atoms with Gasteiger partial charge in [-0.25, -0.2) is 4.98 Å². The Bertz CT molecular complexity index is 459. The quantitative estimate of drug-likeness (QED) is 0.836. The summed E-state index contributed by atoms with van der Waals surface area (Å²) in [5.41, 5.74) is 1.18. The van der Waals surface area contributed by atoms with E-state index in [4.69, 9.17) is 11.6 Å². The molecule has 1 aromatic rings. The van der Waals surface area contributed by atoms with Gasteiger partial charge in [0.05, 0.1) is 6.10 Å². The van der Waals surface area contributed by atoms with Crippen molar-refractivity contribution in [1.82, 2.24) is 15.2 Å². The van der Waals surface area contributed by atoms with Crippen molar-refractivity contribution in [2.45, 2.75) is 63.3 Å². The summed E-state index contributed by atoms with van der Waals surface area (Å²) in [7, 11) is 0. The molecule has 4 nitrogen and oxygen atoms in total. The maximum absolute atomic E-state index is 10.2. The fourth-order valence-electron chi connectivity index (χ4n) is 3.73. The lowest BCUT2D eigenvalue weighted by Gasteiger charge is -2.41. The number of likely N-dealkylation sites (tertiary alicyclic amines) is 1. The maximum atomic E-state index is 10.2. The van der Waals surface area contributed by atoms with Crippen LogP contribution in [-0.4, -0.2) is 46.3 Å². The maximum Gasteiger partial charge on any atom is 0.129 e. The minimum atomic E-state index is -0.113. The first-order valence-electron chi connectivity index (χ1n) is 8.48. The van der Waals surface area contributed by atoms with Gasteiger partial charge in [0.15, 0.2) is 0 Å². The summed E-state index contributed by atoms with van der Waals surface area (Å²) in [6.45, 7) is 3.04. The predicted octanol–water partition coefficient (Wildman–Crippen LogP) is 2.59. The standard InChI is InChI=1S/C17H26ClN3O/c18-17-6-5-13(12-20-17)11-19-14-7-9-21(10-8-14)15-3-1-2-4-16(15)22/h5-6,12,14-16,19,22H,1-4,7-11H2. The second-order valence-electron chi connectivity index (χ2n) is 6.60. The lowest BCUT2D eigenvalue weighted by Crippen LogP contribution is -2.51. The number of nitrogens with one attached hydrogen (secondary N) is 1. The van der Waals surface area contributed by atoms with Gasteiger partial charge >= 0.3 is 0 Å². The summed E-state index contributed by atoms with van der Waals surface area (Å²) < 4.78 is 0. The molecule has 2 heterocycles. The number of piperidine rings is 1. The first-order valence-corrected chi connectivity index (χ1v) is 8.86. The largest absolute Gasteiger partial charge is 0.391 e. The van der Waals surface area contributed by atoms with E-state index in [0.717, 1.165) is 45.3 Å². The van der Waals surface area contributed by atoms with Gasteiger partial charge in [0.2, 0.25) is 0 Å². The van der Waals surface area contributed by atoms with E-state index in [-0.39, 0.29) is 6.10 Å². The molecule has 3 rings (SSSR count). The SMILES string of the molecule is OC1CCCCC1N1CCC(NCc2ccc(Cl)nc2)CC1. The van der Waals surface area contributed by atoms with Gasteiger partial charge in [-0.2, -0.15) is 0 Å². The zero-order valence-electron chi connectivity index (χ0n) is 13.0. The Balaban J connectivity index is 1.42. The fraction of sp³-hybridized carbons (Fsp3) is 0.706. The van der Waals surface area contributed by atoms with Gasteiger partial charge in [0, 0.05) is 37.9 Å². The van der Waals surface area contributed by atoms with Gasteiger partial charge in [0.25, 0.3) is 0 Å².